The fourth-order valence-corrected chi connectivity index (χ4v) is 3.40. The highest BCUT2D eigenvalue weighted by Crippen LogP contribution is 2.28. The Morgan fingerprint density at radius 2 is 1.76 bits per heavy atom. The summed E-state index contributed by atoms with van der Waals surface area (Å²) >= 11 is 2.25. The van der Waals surface area contributed by atoms with Crippen LogP contribution in [0.4, 0.5) is 10.7 Å². The van der Waals surface area contributed by atoms with Crippen molar-refractivity contribution in [3.05, 3.63) is 69.9 Å². The first-order valence-electron chi connectivity index (χ1n) is 10.4. The molecule has 2 aromatic carbocycles. The molecular weight excluding hydrogens is 533 g/mol. The standard InChI is InChI=1S/C24H24IN5O3/c1-24(2,3)33-23(31)29(4)22-27-20-19(14-26-30(20)18-12-10-17(25)11-13-18)21(28-22)32-15-16-8-6-5-7-9-16/h5-14H,15H2,1-4H3. The predicted molar refractivity (Wildman–Crippen MR) is 135 cm³/mol. The van der Waals surface area contributed by atoms with Crippen molar-refractivity contribution in [3.63, 3.8) is 0 Å². The summed E-state index contributed by atoms with van der Waals surface area (Å²) in [6.07, 6.45) is 1.11. The smallest absolute Gasteiger partial charge is 0.416 e. The zero-order valence-corrected chi connectivity index (χ0v) is 21.0. The van der Waals surface area contributed by atoms with Crippen LogP contribution >= 0.6 is 22.6 Å². The van der Waals surface area contributed by atoms with E-state index in [2.05, 4.69) is 37.7 Å². The number of hydrogen-bond donors (Lipinski definition) is 0. The lowest BCUT2D eigenvalue weighted by Crippen LogP contribution is -2.35. The van der Waals surface area contributed by atoms with Gasteiger partial charge in [-0.25, -0.2) is 14.4 Å². The van der Waals surface area contributed by atoms with E-state index in [4.69, 9.17) is 9.47 Å². The van der Waals surface area contributed by atoms with Gasteiger partial charge in [-0.05, 0) is 73.2 Å². The van der Waals surface area contributed by atoms with Crippen LogP contribution < -0.4 is 9.64 Å². The van der Waals surface area contributed by atoms with Crippen molar-refractivity contribution >= 4 is 45.7 Å². The van der Waals surface area contributed by atoms with Gasteiger partial charge < -0.3 is 9.47 Å². The number of carbonyl (C=O) groups is 1. The molecule has 0 radical (unpaired) electrons. The summed E-state index contributed by atoms with van der Waals surface area (Å²) in [6.45, 7) is 5.74. The number of fused-ring (bicyclic) bond motifs is 1. The van der Waals surface area contributed by atoms with Gasteiger partial charge in [0.1, 0.15) is 17.6 Å². The normalized spacial score (nSPS) is 11.4. The second-order valence-electron chi connectivity index (χ2n) is 8.41. The third-order valence-electron chi connectivity index (χ3n) is 4.64. The van der Waals surface area contributed by atoms with E-state index in [9.17, 15) is 4.79 Å². The molecule has 0 unspecified atom stereocenters. The van der Waals surface area contributed by atoms with Gasteiger partial charge in [0.2, 0.25) is 11.8 Å². The molecule has 9 heteroatoms. The van der Waals surface area contributed by atoms with Crippen molar-refractivity contribution in [3.8, 4) is 11.6 Å². The Morgan fingerprint density at radius 1 is 1.06 bits per heavy atom. The zero-order valence-electron chi connectivity index (χ0n) is 18.8. The van der Waals surface area contributed by atoms with Crippen molar-refractivity contribution < 1.29 is 14.3 Å². The fourth-order valence-electron chi connectivity index (χ4n) is 3.04. The van der Waals surface area contributed by atoms with E-state index in [0.717, 1.165) is 14.8 Å². The molecule has 0 spiro atoms. The van der Waals surface area contributed by atoms with Gasteiger partial charge in [0, 0.05) is 10.6 Å². The molecule has 0 fully saturated rings. The molecule has 1 amide bonds. The highest BCUT2D eigenvalue weighted by Gasteiger charge is 2.25. The van der Waals surface area contributed by atoms with E-state index < -0.39 is 11.7 Å². The Labute approximate surface area is 205 Å². The number of nitrogens with zero attached hydrogens (tertiary/aromatic N) is 5. The van der Waals surface area contributed by atoms with Crippen LogP contribution in [-0.4, -0.2) is 38.5 Å². The summed E-state index contributed by atoms with van der Waals surface area (Å²) in [5.41, 5.74) is 1.71. The molecule has 4 aromatic rings. The molecule has 0 saturated heterocycles. The number of benzene rings is 2. The van der Waals surface area contributed by atoms with Crippen LogP contribution in [0.2, 0.25) is 0 Å². The van der Waals surface area contributed by atoms with Crippen molar-refractivity contribution in [2.24, 2.45) is 0 Å². The van der Waals surface area contributed by atoms with Gasteiger partial charge in [-0.2, -0.15) is 15.1 Å². The lowest BCUT2D eigenvalue weighted by Gasteiger charge is -2.23. The summed E-state index contributed by atoms with van der Waals surface area (Å²) in [6, 6.07) is 17.7. The van der Waals surface area contributed by atoms with Crippen LogP contribution in [0.25, 0.3) is 16.7 Å². The van der Waals surface area contributed by atoms with E-state index in [0.29, 0.717) is 23.5 Å². The fraction of sp³-hybridized carbons (Fsp3) is 0.250. The third-order valence-corrected chi connectivity index (χ3v) is 5.36. The van der Waals surface area contributed by atoms with Crippen molar-refractivity contribution in [2.45, 2.75) is 33.0 Å². The second kappa shape index (κ2) is 9.34. The largest absolute Gasteiger partial charge is 0.472 e. The average Bonchev–Trinajstić information content (AvgIpc) is 3.21. The topological polar surface area (TPSA) is 82.4 Å². The SMILES string of the molecule is CN(C(=O)OC(C)(C)C)c1nc(OCc2ccccc2)c2cnn(-c3ccc(I)cc3)c2n1. The molecule has 0 aliphatic heterocycles. The minimum absolute atomic E-state index is 0.159. The second-order valence-corrected chi connectivity index (χ2v) is 9.66. The van der Waals surface area contributed by atoms with Gasteiger partial charge in [-0.1, -0.05) is 30.3 Å². The maximum atomic E-state index is 12.7. The van der Waals surface area contributed by atoms with Crippen LogP contribution in [0.5, 0.6) is 5.88 Å². The first-order chi connectivity index (χ1) is 15.7. The lowest BCUT2D eigenvalue weighted by molar-refractivity contribution is 0.0587. The molecule has 0 aliphatic carbocycles. The zero-order chi connectivity index (χ0) is 23.6. The molecule has 8 nitrogen and oxygen atoms in total. The molecule has 4 rings (SSSR count). The van der Waals surface area contributed by atoms with Crippen LogP contribution in [-0.2, 0) is 11.3 Å². The van der Waals surface area contributed by atoms with Crippen LogP contribution in [0.1, 0.15) is 26.3 Å². The van der Waals surface area contributed by atoms with Crippen molar-refractivity contribution in [1.82, 2.24) is 19.7 Å². The molecule has 0 atom stereocenters. The first kappa shape index (κ1) is 23.0. The van der Waals surface area contributed by atoms with Crippen molar-refractivity contribution in [1.29, 1.82) is 0 Å². The molecule has 0 N–H and O–H groups in total. The molecule has 33 heavy (non-hydrogen) atoms. The number of rotatable bonds is 5. The van der Waals surface area contributed by atoms with E-state index in [1.54, 1.807) is 17.9 Å². The predicted octanol–water partition coefficient (Wildman–Crippen LogP) is 5.37. The van der Waals surface area contributed by atoms with Gasteiger partial charge in [-0.3, -0.25) is 0 Å². The van der Waals surface area contributed by atoms with Crippen LogP contribution in [0.3, 0.4) is 0 Å². The quantitative estimate of drug-likeness (QED) is 0.307. The number of carbonyl (C=O) groups excluding carboxylic acids is 1. The van der Waals surface area contributed by atoms with Crippen LogP contribution in [0.15, 0.2) is 60.8 Å². The van der Waals surface area contributed by atoms with Crippen molar-refractivity contribution in [2.75, 3.05) is 11.9 Å². The third kappa shape index (κ3) is 5.41. The highest BCUT2D eigenvalue weighted by molar-refractivity contribution is 14.1. The number of ether oxygens (including phenoxy) is 2. The molecule has 0 saturated carbocycles. The highest BCUT2D eigenvalue weighted by atomic mass is 127. The monoisotopic (exact) mass is 557 g/mol. The summed E-state index contributed by atoms with van der Waals surface area (Å²) in [4.78, 5) is 23.1. The minimum Gasteiger partial charge on any atom is -0.472 e. The maximum Gasteiger partial charge on any atom is 0.416 e. The summed E-state index contributed by atoms with van der Waals surface area (Å²) < 4.78 is 14.4. The summed E-state index contributed by atoms with van der Waals surface area (Å²) in [7, 11) is 1.57. The lowest BCUT2D eigenvalue weighted by atomic mass is 10.2. The van der Waals surface area contributed by atoms with Gasteiger partial charge in [0.25, 0.3) is 0 Å². The molecule has 2 aromatic heterocycles. The number of hydrogen-bond acceptors (Lipinski definition) is 6. The number of anilines is 1. The van der Waals surface area contributed by atoms with Gasteiger partial charge in [0.05, 0.1) is 11.9 Å². The van der Waals surface area contributed by atoms with Gasteiger partial charge >= 0.3 is 6.09 Å². The summed E-state index contributed by atoms with van der Waals surface area (Å²) in [5.74, 6) is 0.498. The summed E-state index contributed by atoms with van der Waals surface area (Å²) in [5, 5.41) is 5.16. The van der Waals surface area contributed by atoms with Gasteiger partial charge in [0.15, 0.2) is 5.65 Å². The Hall–Kier alpha value is -3.21. The Kier molecular flexibility index (Phi) is 6.50. The average molecular weight is 557 g/mol. The molecule has 2 heterocycles. The van der Waals surface area contributed by atoms with Gasteiger partial charge in [-0.15, -0.1) is 0 Å². The Morgan fingerprint density at radius 3 is 2.42 bits per heavy atom. The minimum atomic E-state index is -0.648. The van der Waals surface area contributed by atoms with E-state index in [-0.39, 0.29) is 5.95 Å². The number of aromatic nitrogens is 4. The van der Waals surface area contributed by atoms with Crippen LogP contribution in [0, 0.1) is 3.57 Å². The Bertz CT molecular complexity index is 1270. The molecule has 0 bridgehead atoms. The Balaban J connectivity index is 1.77. The molecular formula is C24H24IN5O3. The van der Waals surface area contributed by atoms with E-state index >= 15 is 0 Å². The van der Waals surface area contributed by atoms with E-state index in [1.807, 2.05) is 75.4 Å². The van der Waals surface area contributed by atoms with E-state index in [1.165, 1.54) is 4.90 Å². The molecule has 170 valence electrons. The first-order valence-corrected chi connectivity index (χ1v) is 11.4. The number of halogens is 1. The maximum absolute atomic E-state index is 12.7. The number of amides is 1. The molecule has 0 aliphatic rings.